The number of rotatable bonds is 19. The molecule has 0 N–H and O–H groups in total. The van der Waals surface area contributed by atoms with Crippen molar-refractivity contribution in [2.24, 2.45) is 11.8 Å². The molecule has 0 aliphatic rings. The van der Waals surface area contributed by atoms with Crippen molar-refractivity contribution in [3.63, 3.8) is 0 Å². The van der Waals surface area contributed by atoms with Crippen LogP contribution < -0.4 is 41.3 Å². The lowest BCUT2D eigenvalue weighted by Crippen LogP contribution is -2.33. The third-order valence-electron chi connectivity index (χ3n) is 11.8. The third-order valence-corrected chi connectivity index (χ3v) is 20.5. The van der Waals surface area contributed by atoms with Gasteiger partial charge in [-0.05, 0) is 103 Å². The Labute approximate surface area is 355 Å². The first-order chi connectivity index (χ1) is 28.9. The minimum atomic E-state index is -2.24. The molecule has 0 aliphatic carbocycles. The first-order valence-electron chi connectivity index (χ1n) is 21.4. The van der Waals surface area contributed by atoms with E-state index in [1.165, 1.54) is 62.2 Å². The van der Waals surface area contributed by atoms with Crippen LogP contribution in [-0.4, -0.2) is 13.7 Å². The van der Waals surface area contributed by atoms with Crippen LogP contribution in [0.2, 0.25) is 0 Å². The van der Waals surface area contributed by atoms with Crippen molar-refractivity contribution in [3.05, 3.63) is 205 Å². The topological polar surface area (TPSA) is 18.5 Å². The first kappa shape index (κ1) is 42.1. The average molecular weight is 815 g/mol. The van der Waals surface area contributed by atoms with Crippen molar-refractivity contribution in [2.45, 2.75) is 58.8 Å². The van der Waals surface area contributed by atoms with E-state index in [-0.39, 0.29) is 0 Å². The fourth-order valence-corrected chi connectivity index (χ4v) is 17.1. The summed E-state index contributed by atoms with van der Waals surface area (Å²) in [7, 11) is -2.62. The number of methoxy groups -OCH3 is 1. The lowest BCUT2D eigenvalue weighted by molar-refractivity contribution is 0.273. The molecule has 0 spiro atoms. The maximum absolute atomic E-state index is 7.14. The van der Waals surface area contributed by atoms with Gasteiger partial charge in [-0.3, -0.25) is 0 Å². The SMILES string of the molecule is COc1cc(C[P+](c2ccccc2)(c2ccccc2)c2ccccc2)c(OCCC(C)CCCC(C)C)cc1C[P+](c1ccccc1)(c1ccccc1)c1ccccc1. The van der Waals surface area contributed by atoms with E-state index in [0.29, 0.717) is 12.5 Å². The summed E-state index contributed by atoms with van der Waals surface area (Å²) in [5, 5.41) is 8.11. The van der Waals surface area contributed by atoms with Gasteiger partial charge in [0.1, 0.15) is 70.2 Å². The zero-order chi connectivity index (χ0) is 40.9. The van der Waals surface area contributed by atoms with Gasteiger partial charge in [0.25, 0.3) is 0 Å². The standard InChI is InChI=1S/C55H60O2P2/c1-44(2)24-23-25-45(3)38-39-57-55-41-46(42-58(48-26-11-5-12-27-48,49-28-13-6-14-29-49)50-30-15-7-16-31-50)54(56-4)40-47(55)43-59(51-32-17-8-18-33-51,52-34-19-9-20-35-52)53-36-21-10-22-37-53/h5-22,26-37,40-41,44-45H,23-25,38-39,42-43H2,1-4H3/q+2. The highest BCUT2D eigenvalue weighted by atomic mass is 31.2. The van der Waals surface area contributed by atoms with Crippen molar-refractivity contribution in [1.29, 1.82) is 0 Å². The van der Waals surface area contributed by atoms with Crippen LogP contribution in [0.4, 0.5) is 0 Å². The summed E-state index contributed by atoms with van der Waals surface area (Å²) < 4.78 is 13.6. The quantitative estimate of drug-likeness (QED) is 0.0757. The molecule has 7 rings (SSSR count). The van der Waals surface area contributed by atoms with E-state index in [9.17, 15) is 0 Å². The van der Waals surface area contributed by atoms with Crippen molar-refractivity contribution in [3.8, 4) is 11.5 Å². The minimum Gasteiger partial charge on any atom is -0.496 e. The molecular weight excluding hydrogens is 755 g/mol. The van der Waals surface area contributed by atoms with Crippen LogP contribution >= 0.6 is 14.5 Å². The molecule has 0 radical (unpaired) electrons. The Morgan fingerprint density at radius 1 is 0.407 bits per heavy atom. The zero-order valence-electron chi connectivity index (χ0n) is 35.3. The molecule has 0 bridgehead atoms. The predicted octanol–water partition coefficient (Wildman–Crippen LogP) is 11.9. The molecule has 0 fully saturated rings. The van der Waals surface area contributed by atoms with Gasteiger partial charge in [0, 0.05) is 11.1 Å². The summed E-state index contributed by atoms with van der Waals surface area (Å²) in [4.78, 5) is 0. The number of ether oxygens (including phenoxy) is 2. The van der Waals surface area contributed by atoms with Crippen LogP contribution in [0, 0.1) is 11.8 Å². The summed E-state index contributed by atoms with van der Waals surface area (Å²) in [5.74, 6) is 3.20. The molecule has 4 heteroatoms. The van der Waals surface area contributed by atoms with Gasteiger partial charge in [0.2, 0.25) is 0 Å². The second kappa shape index (κ2) is 20.3. The van der Waals surface area contributed by atoms with Crippen LogP contribution in [0.5, 0.6) is 11.5 Å². The normalized spacial score (nSPS) is 12.3. The van der Waals surface area contributed by atoms with Gasteiger partial charge in [-0.25, -0.2) is 0 Å². The largest absolute Gasteiger partial charge is 0.496 e. The van der Waals surface area contributed by atoms with Gasteiger partial charge in [0.05, 0.1) is 13.7 Å². The van der Waals surface area contributed by atoms with E-state index in [1.54, 1.807) is 0 Å². The zero-order valence-corrected chi connectivity index (χ0v) is 37.1. The predicted molar refractivity (Wildman–Crippen MR) is 259 cm³/mol. The van der Waals surface area contributed by atoms with Crippen molar-refractivity contribution in [1.82, 2.24) is 0 Å². The van der Waals surface area contributed by atoms with E-state index in [4.69, 9.17) is 9.47 Å². The first-order valence-corrected chi connectivity index (χ1v) is 25.3. The van der Waals surface area contributed by atoms with E-state index < -0.39 is 14.5 Å². The van der Waals surface area contributed by atoms with E-state index in [0.717, 1.165) is 36.2 Å². The molecule has 7 aromatic rings. The van der Waals surface area contributed by atoms with E-state index in [1.807, 2.05) is 7.11 Å². The molecule has 0 saturated heterocycles. The smallest absolute Gasteiger partial charge is 0.126 e. The monoisotopic (exact) mass is 814 g/mol. The van der Waals surface area contributed by atoms with Crippen LogP contribution in [0.3, 0.4) is 0 Å². The highest BCUT2D eigenvalue weighted by molar-refractivity contribution is 7.95. The van der Waals surface area contributed by atoms with Crippen LogP contribution in [0.25, 0.3) is 0 Å². The molecule has 2 nitrogen and oxygen atoms in total. The maximum atomic E-state index is 7.14. The lowest BCUT2D eigenvalue weighted by Gasteiger charge is -2.30. The van der Waals surface area contributed by atoms with Gasteiger partial charge in [-0.15, -0.1) is 0 Å². The average Bonchev–Trinajstić information content (AvgIpc) is 3.29. The van der Waals surface area contributed by atoms with Gasteiger partial charge < -0.3 is 9.47 Å². The highest BCUT2D eigenvalue weighted by Crippen LogP contribution is 2.62. The third kappa shape index (κ3) is 9.73. The second-order valence-corrected chi connectivity index (χ2v) is 23.3. The molecule has 0 amide bonds. The van der Waals surface area contributed by atoms with Crippen LogP contribution in [-0.2, 0) is 12.3 Å². The Morgan fingerprint density at radius 3 is 1.05 bits per heavy atom. The molecule has 1 unspecified atom stereocenters. The Morgan fingerprint density at radius 2 is 0.729 bits per heavy atom. The Kier molecular flexibility index (Phi) is 14.5. The Bertz CT molecular complexity index is 2110. The summed E-state index contributed by atoms with van der Waals surface area (Å²) in [5.41, 5.74) is 2.36. The molecule has 300 valence electrons. The van der Waals surface area contributed by atoms with Crippen molar-refractivity contribution < 1.29 is 9.47 Å². The minimum absolute atomic E-state index is 0.590. The molecule has 0 heterocycles. The second-order valence-electron chi connectivity index (χ2n) is 16.3. The van der Waals surface area contributed by atoms with Gasteiger partial charge in [-0.2, -0.15) is 0 Å². The molecule has 1 atom stereocenters. The fourth-order valence-electron chi connectivity index (χ4n) is 8.65. The fraction of sp³-hybridized carbons (Fsp3) is 0.236. The number of hydrogen-bond acceptors (Lipinski definition) is 2. The van der Waals surface area contributed by atoms with Crippen LogP contribution in [0.15, 0.2) is 194 Å². The van der Waals surface area contributed by atoms with Gasteiger partial charge in [0.15, 0.2) is 0 Å². The molecule has 0 aromatic heterocycles. The molecule has 0 aliphatic heterocycles. The molecular formula is C55H60O2P2+2. The van der Waals surface area contributed by atoms with Gasteiger partial charge in [-0.1, -0.05) is 149 Å². The van der Waals surface area contributed by atoms with E-state index >= 15 is 0 Å². The summed E-state index contributed by atoms with van der Waals surface area (Å²) in [6.45, 7) is 7.71. The summed E-state index contributed by atoms with van der Waals surface area (Å²) in [6.07, 6.45) is 6.38. The molecule has 0 saturated carbocycles. The van der Waals surface area contributed by atoms with Crippen molar-refractivity contribution >= 4 is 46.4 Å². The summed E-state index contributed by atoms with van der Waals surface area (Å²) in [6, 6.07) is 71.7. The lowest BCUT2D eigenvalue weighted by atomic mass is 9.98. The summed E-state index contributed by atoms with van der Waals surface area (Å²) >= 11 is 0. The molecule has 7 aromatic carbocycles. The number of benzene rings is 7. The maximum Gasteiger partial charge on any atom is 0.126 e. The Hall–Kier alpha value is -5.00. The van der Waals surface area contributed by atoms with Crippen molar-refractivity contribution in [2.75, 3.05) is 13.7 Å². The molecule has 59 heavy (non-hydrogen) atoms. The van der Waals surface area contributed by atoms with Gasteiger partial charge >= 0.3 is 0 Å². The highest BCUT2D eigenvalue weighted by Gasteiger charge is 2.48. The van der Waals surface area contributed by atoms with Crippen LogP contribution in [0.1, 0.15) is 57.6 Å². The Balaban J connectivity index is 1.41. The van der Waals surface area contributed by atoms with E-state index in [2.05, 4.69) is 215 Å². The number of hydrogen-bond donors (Lipinski definition) is 0.